The Bertz CT molecular complexity index is 495. The van der Waals surface area contributed by atoms with Crippen LogP contribution in [-0.4, -0.2) is 32.1 Å². The van der Waals surface area contributed by atoms with Gasteiger partial charge in [-0.2, -0.15) is 0 Å². The van der Waals surface area contributed by atoms with Crippen LogP contribution in [0.1, 0.15) is 82.4 Å². The third-order valence-corrected chi connectivity index (χ3v) is 4.65. The second-order valence-corrected chi connectivity index (χ2v) is 7.24. The Labute approximate surface area is 166 Å². The van der Waals surface area contributed by atoms with Crippen LogP contribution in [0, 0.1) is 6.92 Å². The lowest BCUT2D eigenvalue weighted by Crippen LogP contribution is -2.06. The highest BCUT2D eigenvalue weighted by atomic mass is 16.7. The van der Waals surface area contributed by atoms with Gasteiger partial charge in [0.05, 0.1) is 12.3 Å². The van der Waals surface area contributed by atoms with Crippen molar-refractivity contribution in [1.82, 2.24) is 4.98 Å². The summed E-state index contributed by atoms with van der Waals surface area (Å²) < 4.78 is 16.1. The van der Waals surface area contributed by atoms with Crippen molar-refractivity contribution in [2.45, 2.75) is 84.5 Å². The van der Waals surface area contributed by atoms with Gasteiger partial charge in [-0.25, -0.2) is 4.98 Å². The second-order valence-electron chi connectivity index (χ2n) is 7.24. The Morgan fingerprint density at radius 2 is 1.59 bits per heavy atom. The molecule has 0 atom stereocenters. The smallest absolute Gasteiger partial charge is 0.146 e. The molecule has 0 aliphatic carbocycles. The molecule has 0 aliphatic rings. The molecule has 156 valence electrons. The number of pyridine rings is 1. The molecule has 0 bridgehead atoms. The van der Waals surface area contributed by atoms with E-state index in [4.69, 9.17) is 19.9 Å². The lowest BCUT2D eigenvalue weighted by atomic mass is 10.0. The van der Waals surface area contributed by atoms with Gasteiger partial charge in [0.15, 0.2) is 0 Å². The lowest BCUT2D eigenvalue weighted by molar-refractivity contribution is -0.0315. The number of hydrogen-bond donors (Lipinski definition) is 1. The summed E-state index contributed by atoms with van der Waals surface area (Å²) in [5.41, 5.74) is 8.06. The number of unbranched alkanes of at least 4 members (excludes halogenated alkanes) is 8. The van der Waals surface area contributed by atoms with E-state index in [0.717, 1.165) is 62.3 Å². The summed E-state index contributed by atoms with van der Waals surface area (Å²) in [6.45, 7) is 6.21. The van der Waals surface area contributed by atoms with Gasteiger partial charge in [0.1, 0.15) is 18.4 Å². The first-order valence-corrected chi connectivity index (χ1v) is 10.6. The number of methoxy groups -OCH3 is 1. The van der Waals surface area contributed by atoms with E-state index in [2.05, 4.69) is 18.8 Å². The molecule has 1 aromatic heterocycles. The van der Waals surface area contributed by atoms with E-state index >= 15 is 0 Å². The van der Waals surface area contributed by atoms with Crippen molar-refractivity contribution in [2.24, 2.45) is 0 Å². The van der Waals surface area contributed by atoms with Crippen molar-refractivity contribution in [3.63, 3.8) is 0 Å². The molecule has 0 unspecified atom stereocenters. The zero-order valence-electron chi connectivity index (χ0n) is 17.7. The fraction of sp³-hybridized carbons (Fsp3) is 0.773. The summed E-state index contributed by atoms with van der Waals surface area (Å²) in [7, 11) is 1.66. The van der Waals surface area contributed by atoms with Crippen LogP contribution in [0.4, 0.5) is 5.82 Å². The molecule has 1 heterocycles. The zero-order valence-corrected chi connectivity index (χ0v) is 17.7. The van der Waals surface area contributed by atoms with Gasteiger partial charge in [-0.1, -0.05) is 51.9 Å². The van der Waals surface area contributed by atoms with E-state index < -0.39 is 0 Å². The van der Waals surface area contributed by atoms with Crippen molar-refractivity contribution < 1.29 is 14.2 Å². The first kappa shape index (κ1) is 23.7. The number of nitrogen functional groups attached to an aromatic ring is 1. The summed E-state index contributed by atoms with van der Waals surface area (Å²) >= 11 is 0. The number of rotatable bonds is 17. The molecule has 5 heteroatoms. The zero-order chi connectivity index (χ0) is 19.7. The number of hydrogen-bond acceptors (Lipinski definition) is 5. The van der Waals surface area contributed by atoms with E-state index in [-0.39, 0.29) is 0 Å². The topological polar surface area (TPSA) is 66.6 Å². The van der Waals surface area contributed by atoms with Gasteiger partial charge in [-0.05, 0) is 44.2 Å². The highest BCUT2D eigenvalue weighted by Crippen LogP contribution is 2.26. The summed E-state index contributed by atoms with van der Waals surface area (Å²) in [6, 6.07) is 1.91. The van der Waals surface area contributed by atoms with Gasteiger partial charge in [-0.3, -0.25) is 0 Å². The normalized spacial score (nSPS) is 11.1. The van der Waals surface area contributed by atoms with Crippen LogP contribution in [0.5, 0.6) is 5.75 Å². The third-order valence-electron chi connectivity index (χ3n) is 4.65. The van der Waals surface area contributed by atoms with Gasteiger partial charge in [0, 0.05) is 13.7 Å². The monoisotopic (exact) mass is 380 g/mol. The largest absolute Gasteiger partial charge is 0.491 e. The predicted octanol–water partition coefficient (Wildman–Crippen LogP) is 5.43. The Morgan fingerprint density at radius 3 is 2.26 bits per heavy atom. The molecule has 0 aliphatic heterocycles. The van der Waals surface area contributed by atoms with E-state index in [1.807, 2.05) is 6.07 Å². The summed E-state index contributed by atoms with van der Waals surface area (Å²) in [5, 5.41) is 0. The molecule has 0 amide bonds. The van der Waals surface area contributed by atoms with Crippen LogP contribution in [0.25, 0.3) is 0 Å². The molecular weight excluding hydrogens is 340 g/mol. The maximum absolute atomic E-state index is 5.98. The van der Waals surface area contributed by atoms with Gasteiger partial charge in [0.2, 0.25) is 0 Å². The van der Waals surface area contributed by atoms with Crippen LogP contribution in [0.2, 0.25) is 0 Å². The molecule has 0 saturated heterocycles. The molecule has 27 heavy (non-hydrogen) atoms. The number of nitrogens with two attached hydrogens (primary N) is 1. The Hall–Kier alpha value is -1.33. The van der Waals surface area contributed by atoms with Crippen LogP contribution < -0.4 is 10.5 Å². The van der Waals surface area contributed by atoms with Gasteiger partial charge < -0.3 is 19.9 Å². The minimum atomic E-state index is 0.410. The number of aromatic nitrogens is 1. The van der Waals surface area contributed by atoms with Gasteiger partial charge in [-0.15, -0.1) is 0 Å². The van der Waals surface area contributed by atoms with Crippen molar-refractivity contribution in [3.05, 3.63) is 17.3 Å². The highest BCUT2D eigenvalue weighted by molar-refractivity contribution is 5.45. The maximum atomic E-state index is 5.98. The molecule has 0 radical (unpaired) electrons. The minimum absolute atomic E-state index is 0.410. The predicted molar refractivity (Wildman–Crippen MR) is 112 cm³/mol. The molecule has 1 rings (SSSR count). The first-order valence-electron chi connectivity index (χ1n) is 10.6. The number of anilines is 1. The van der Waals surface area contributed by atoms with Gasteiger partial charge in [0.25, 0.3) is 0 Å². The average Bonchev–Trinajstić information content (AvgIpc) is 2.64. The molecule has 5 nitrogen and oxygen atoms in total. The summed E-state index contributed by atoms with van der Waals surface area (Å²) in [5.74, 6) is 1.55. The summed E-state index contributed by atoms with van der Waals surface area (Å²) in [6.07, 6.45) is 13.1. The standard InChI is InChI=1S/C22H40N2O3/c1-4-5-16-27-22-19(2)17-21(23)24-20(22)14-12-10-8-6-7-9-11-13-15-26-18-25-3/h17H,4-16,18H2,1-3H3,(H2,23,24). The molecule has 2 N–H and O–H groups in total. The highest BCUT2D eigenvalue weighted by Gasteiger charge is 2.10. The van der Waals surface area contributed by atoms with Crippen LogP contribution in [0.15, 0.2) is 6.07 Å². The molecule has 0 spiro atoms. The van der Waals surface area contributed by atoms with Crippen LogP contribution in [0.3, 0.4) is 0 Å². The molecule has 0 fully saturated rings. The van der Waals surface area contributed by atoms with E-state index in [1.54, 1.807) is 7.11 Å². The van der Waals surface area contributed by atoms with Crippen LogP contribution >= 0.6 is 0 Å². The van der Waals surface area contributed by atoms with Gasteiger partial charge >= 0.3 is 0 Å². The molecule has 0 aromatic carbocycles. The molecule has 1 aromatic rings. The first-order chi connectivity index (χ1) is 13.2. The van der Waals surface area contributed by atoms with E-state index in [1.165, 1.54) is 38.5 Å². The summed E-state index contributed by atoms with van der Waals surface area (Å²) in [4.78, 5) is 4.53. The molecule has 0 saturated carbocycles. The minimum Gasteiger partial charge on any atom is -0.491 e. The number of ether oxygens (including phenoxy) is 3. The second kappa shape index (κ2) is 15.7. The third kappa shape index (κ3) is 11.2. The lowest BCUT2D eigenvalue weighted by Gasteiger charge is -2.14. The Balaban J connectivity index is 2.17. The van der Waals surface area contributed by atoms with Crippen molar-refractivity contribution in [2.75, 3.05) is 32.9 Å². The van der Waals surface area contributed by atoms with E-state index in [9.17, 15) is 0 Å². The fourth-order valence-electron chi connectivity index (χ4n) is 3.14. The number of aryl methyl sites for hydroxylation is 2. The van der Waals surface area contributed by atoms with Crippen molar-refractivity contribution in [3.8, 4) is 5.75 Å². The fourth-order valence-corrected chi connectivity index (χ4v) is 3.14. The number of nitrogens with zero attached hydrogens (tertiary/aromatic N) is 1. The molecular formula is C22H40N2O3. The SMILES string of the molecule is CCCCOc1c(C)cc(N)nc1CCCCCCCCCCOCOC. The quantitative estimate of drug-likeness (QED) is 0.288. The van der Waals surface area contributed by atoms with Crippen molar-refractivity contribution in [1.29, 1.82) is 0 Å². The Morgan fingerprint density at radius 1 is 0.926 bits per heavy atom. The van der Waals surface area contributed by atoms with Crippen LogP contribution in [-0.2, 0) is 15.9 Å². The van der Waals surface area contributed by atoms with E-state index in [0.29, 0.717) is 12.6 Å². The van der Waals surface area contributed by atoms with Crippen molar-refractivity contribution >= 4 is 5.82 Å². The Kier molecular flexibility index (Phi) is 13.8. The average molecular weight is 381 g/mol. The maximum Gasteiger partial charge on any atom is 0.146 e.